The Balaban J connectivity index is 4.37. The number of aldehydes is 1. The average molecular weight is 162 g/mol. The van der Waals surface area contributed by atoms with Crippen molar-refractivity contribution in [2.75, 3.05) is 0 Å². The summed E-state index contributed by atoms with van der Waals surface area (Å²) in [6.07, 6.45) is -2.30. The van der Waals surface area contributed by atoms with Crippen molar-refractivity contribution in [3.63, 3.8) is 0 Å². The van der Waals surface area contributed by atoms with Gasteiger partial charge >= 0.3 is 11.9 Å². The van der Waals surface area contributed by atoms with Gasteiger partial charge in [0.25, 0.3) is 0 Å². The molecule has 0 rings (SSSR count). The van der Waals surface area contributed by atoms with Crippen LogP contribution in [0.1, 0.15) is 0 Å². The molecule has 0 aliphatic heterocycles. The number of carboxylic acids is 2. The minimum atomic E-state index is -2.18. The third-order valence-electron chi connectivity index (χ3n) is 1.02. The molecule has 0 fully saturated rings. The molecule has 0 aromatic rings. The number of carbonyl (C=O) groups is 3. The largest absolute Gasteiger partial charge is 0.481 e. The van der Waals surface area contributed by atoms with E-state index in [4.69, 9.17) is 15.3 Å². The van der Waals surface area contributed by atoms with E-state index in [2.05, 4.69) is 0 Å². The van der Waals surface area contributed by atoms with Crippen molar-refractivity contribution in [1.29, 1.82) is 0 Å². The van der Waals surface area contributed by atoms with Crippen LogP contribution < -0.4 is 0 Å². The second-order valence-electron chi connectivity index (χ2n) is 1.78. The predicted molar refractivity (Wildman–Crippen MR) is 30.8 cm³/mol. The third kappa shape index (κ3) is 2.34. The van der Waals surface area contributed by atoms with Crippen molar-refractivity contribution in [3.05, 3.63) is 0 Å². The van der Waals surface area contributed by atoms with Crippen LogP contribution >= 0.6 is 0 Å². The molecule has 0 aliphatic rings. The van der Waals surface area contributed by atoms with Crippen LogP contribution in [0.25, 0.3) is 0 Å². The van der Waals surface area contributed by atoms with Crippen LogP contribution in [0.5, 0.6) is 0 Å². The van der Waals surface area contributed by atoms with Crippen molar-refractivity contribution in [3.8, 4) is 0 Å². The predicted octanol–water partition coefficient (Wildman–Crippen LogP) is -1.67. The molecule has 11 heavy (non-hydrogen) atoms. The molecule has 0 saturated carbocycles. The molecule has 0 radical (unpaired) electrons. The van der Waals surface area contributed by atoms with Gasteiger partial charge in [-0.05, 0) is 0 Å². The maximum absolute atomic E-state index is 10.0. The van der Waals surface area contributed by atoms with Gasteiger partial charge in [-0.1, -0.05) is 0 Å². The maximum atomic E-state index is 10.0. The van der Waals surface area contributed by atoms with Crippen LogP contribution in [-0.4, -0.2) is 39.6 Å². The van der Waals surface area contributed by atoms with Gasteiger partial charge in [-0.25, -0.2) is 4.79 Å². The molecule has 0 heterocycles. The monoisotopic (exact) mass is 162 g/mol. The van der Waals surface area contributed by atoms with Crippen LogP contribution in [0.3, 0.4) is 0 Å². The first kappa shape index (κ1) is 9.57. The van der Waals surface area contributed by atoms with Gasteiger partial charge < -0.3 is 20.1 Å². The number of rotatable bonds is 4. The van der Waals surface area contributed by atoms with Crippen molar-refractivity contribution in [2.45, 2.75) is 6.10 Å². The topological polar surface area (TPSA) is 112 Å². The Bertz CT molecular complexity index is 185. The lowest BCUT2D eigenvalue weighted by atomic mass is 10.1. The lowest BCUT2D eigenvalue weighted by Crippen LogP contribution is -2.35. The fourth-order valence-corrected chi connectivity index (χ4v) is 0.421. The van der Waals surface area contributed by atoms with Crippen LogP contribution in [0.15, 0.2) is 0 Å². The zero-order valence-corrected chi connectivity index (χ0v) is 5.30. The highest BCUT2D eigenvalue weighted by Gasteiger charge is 2.31. The fraction of sp³-hybridized carbons (Fsp3) is 0.400. The Morgan fingerprint density at radius 3 is 1.73 bits per heavy atom. The molecule has 0 bridgehead atoms. The molecule has 6 nitrogen and oxygen atoms in total. The number of hydrogen-bond donors (Lipinski definition) is 3. The van der Waals surface area contributed by atoms with E-state index < -0.39 is 24.0 Å². The highest BCUT2D eigenvalue weighted by Crippen LogP contribution is 2.00. The van der Waals surface area contributed by atoms with Crippen LogP contribution in [-0.2, 0) is 14.4 Å². The summed E-state index contributed by atoms with van der Waals surface area (Å²) in [5, 5.41) is 24.7. The third-order valence-corrected chi connectivity index (χ3v) is 1.02. The summed E-state index contributed by atoms with van der Waals surface area (Å²) < 4.78 is 0. The smallest absolute Gasteiger partial charge is 0.333 e. The van der Waals surface area contributed by atoms with Crippen molar-refractivity contribution < 1.29 is 29.7 Å². The van der Waals surface area contributed by atoms with Gasteiger partial charge in [0.1, 0.15) is 12.2 Å². The second-order valence-corrected chi connectivity index (χ2v) is 1.78. The summed E-state index contributed by atoms with van der Waals surface area (Å²) in [7, 11) is 0. The van der Waals surface area contributed by atoms with Gasteiger partial charge in [-0.15, -0.1) is 0 Å². The molecule has 0 spiro atoms. The first-order valence-corrected chi connectivity index (χ1v) is 2.59. The SMILES string of the molecule is O=C[C@@H](C(=O)O)[C@@H](O)C(=O)O. The lowest BCUT2D eigenvalue weighted by Gasteiger charge is -2.07. The van der Waals surface area contributed by atoms with E-state index in [1.165, 1.54) is 0 Å². The standard InChI is InChI=1S/C5H6O6/c6-1-2(4(8)9)3(7)5(10)11/h1-3,7H,(H,8,9)(H,10,11)/t2-,3-/m1/s1. The summed E-state index contributed by atoms with van der Waals surface area (Å²) in [5.74, 6) is -5.29. The molecule has 0 unspecified atom stereocenters. The van der Waals surface area contributed by atoms with E-state index in [0.717, 1.165) is 0 Å². The maximum Gasteiger partial charge on any atom is 0.333 e. The molecule has 0 amide bonds. The minimum absolute atomic E-state index is 0.124. The Morgan fingerprint density at radius 2 is 1.64 bits per heavy atom. The van der Waals surface area contributed by atoms with Gasteiger partial charge in [-0.3, -0.25) is 4.79 Å². The van der Waals surface area contributed by atoms with E-state index >= 15 is 0 Å². The van der Waals surface area contributed by atoms with Crippen LogP contribution in [0.4, 0.5) is 0 Å². The van der Waals surface area contributed by atoms with E-state index in [1.807, 2.05) is 0 Å². The molecule has 6 heteroatoms. The number of carboxylic acid groups (broad SMARTS) is 2. The highest BCUT2D eigenvalue weighted by atomic mass is 16.4. The van der Waals surface area contributed by atoms with Crippen molar-refractivity contribution >= 4 is 18.2 Å². The molecule has 0 aromatic heterocycles. The Kier molecular flexibility index (Phi) is 3.19. The molecule has 0 aromatic carbocycles. The van der Waals surface area contributed by atoms with Gasteiger partial charge in [0, 0.05) is 0 Å². The van der Waals surface area contributed by atoms with Crippen LogP contribution in [0.2, 0.25) is 0 Å². The first-order valence-electron chi connectivity index (χ1n) is 2.59. The van der Waals surface area contributed by atoms with Gasteiger partial charge in [0.15, 0.2) is 6.10 Å². The quantitative estimate of drug-likeness (QED) is 0.336. The zero-order valence-electron chi connectivity index (χ0n) is 5.30. The summed E-state index contributed by atoms with van der Waals surface area (Å²) in [6.45, 7) is 0. The van der Waals surface area contributed by atoms with E-state index in [9.17, 15) is 14.4 Å². The number of aliphatic carboxylic acids is 2. The van der Waals surface area contributed by atoms with E-state index in [0.29, 0.717) is 0 Å². The molecule has 0 saturated heterocycles. The molecule has 62 valence electrons. The molecular weight excluding hydrogens is 156 g/mol. The normalized spacial score (nSPS) is 15.0. The van der Waals surface area contributed by atoms with Crippen molar-refractivity contribution in [2.24, 2.45) is 5.92 Å². The first-order chi connectivity index (χ1) is 5.00. The summed E-state index contributed by atoms with van der Waals surface area (Å²) in [4.78, 5) is 29.8. The molecule has 3 N–H and O–H groups in total. The Morgan fingerprint density at radius 1 is 1.18 bits per heavy atom. The second kappa shape index (κ2) is 3.67. The highest BCUT2D eigenvalue weighted by molar-refractivity contribution is 5.93. The number of aliphatic hydroxyl groups excluding tert-OH is 1. The Hall–Kier alpha value is -1.43. The van der Waals surface area contributed by atoms with Crippen molar-refractivity contribution in [1.82, 2.24) is 0 Å². The molecular formula is C5H6O6. The minimum Gasteiger partial charge on any atom is -0.481 e. The molecule has 2 atom stereocenters. The van der Waals surface area contributed by atoms with Crippen LogP contribution in [0, 0.1) is 5.92 Å². The van der Waals surface area contributed by atoms with Gasteiger partial charge in [0.2, 0.25) is 0 Å². The van der Waals surface area contributed by atoms with Gasteiger partial charge in [0.05, 0.1) is 0 Å². The Labute approximate surface area is 61.1 Å². The fourth-order valence-electron chi connectivity index (χ4n) is 0.421. The van der Waals surface area contributed by atoms with Gasteiger partial charge in [-0.2, -0.15) is 0 Å². The summed E-state index contributed by atoms with van der Waals surface area (Å²) in [5.41, 5.74) is 0. The van der Waals surface area contributed by atoms with E-state index in [1.54, 1.807) is 0 Å². The average Bonchev–Trinajstić information content (AvgIpc) is 1.88. The summed E-state index contributed by atoms with van der Waals surface area (Å²) >= 11 is 0. The number of carbonyl (C=O) groups excluding carboxylic acids is 1. The molecule has 0 aliphatic carbocycles. The lowest BCUT2D eigenvalue weighted by molar-refractivity contribution is -0.160. The zero-order chi connectivity index (χ0) is 9.02. The number of aliphatic hydroxyl groups is 1. The number of hydrogen-bond acceptors (Lipinski definition) is 4. The van der Waals surface area contributed by atoms with E-state index in [-0.39, 0.29) is 6.29 Å². The summed E-state index contributed by atoms with van der Waals surface area (Å²) in [6, 6.07) is 0.